The van der Waals surface area contributed by atoms with Crippen LogP contribution in [0.2, 0.25) is 0 Å². The Hall–Kier alpha value is -2.42. The molecule has 3 aromatic rings. The highest BCUT2D eigenvalue weighted by atomic mass is 14.6. The van der Waals surface area contributed by atoms with Gasteiger partial charge in [0.2, 0.25) is 0 Å². The number of rotatable bonds is 8. The predicted octanol–water partition coefficient (Wildman–Crippen LogP) is 4.95. The molecular formula is C24H28N2. The van der Waals surface area contributed by atoms with Crippen molar-refractivity contribution < 1.29 is 0 Å². The normalized spacial score (nSPS) is 13.3. The number of hydrogen-bond donors (Lipinski definition) is 2. The van der Waals surface area contributed by atoms with Crippen LogP contribution in [0.15, 0.2) is 84.9 Å². The average Bonchev–Trinajstić information content (AvgIpc) is 2.72. The maximum absolute atomic E-state index is 6.37. The summed E-state index contributed by atoms with van der Waals surface area (Å²) in [5.41, 5.74) is 17.8. The minimum Gasteiger partial charge on any atom is -0.324 e. The van der Waals surface area contributed by atoms with Crippen LogP contribution < -0.4 is 11.5 Å². The lowest BCUT2D eigenvalue weighted by Crippen LogP contribution is -2.13. The minimum atomic E-state index is 0.0600. The molecule has 0 bridgehead atoms. The quantitative estimate of drug-likeness (QED) is 0.607. The van der Waals surface area contributed by atoms with Gasteiger partial charge in [-0.1, -0.05) is 84.9 Å². The Bertz CT molecular complexity index is 698. The van der Waals surface area contributed by atoms with E-state index in [4.69, 9.17) is 11.5 Å². The first-order valence-corrected chi connectivity index (χ1v) is 9.41. The fraction of sp³-hybridized carbons (Fsp3) is 0.250. The van der Waals surface area contributed by atoms with Gasteiger partial charge in [0.1, 0.15) is 0 Å². The van der Waals surface area contributed by atoms with Gasteiger partial charge < -0.3 is 11.5 Å². The van der Waals surface area contributed by atoms with Gasteiger partial charge in [-0.05, 0) is 47.9 Å². The van der Waals surface area contributed by atoms with Crippen LogP contribution in [0.4, 0.5) is 0 Å². The van der Waals surface area contributed by atoms with Crippen LogP contribution >= 0.6 is 0 Å². The van der Waals surface area contributed by atoms with Crippen LogP contribution in [0, 0.1) is 0 Å². The molecule has 2 atom stereocenters. The smallest absolute Gasteiger partial charge is 0.0298 e. The first-order chi connectivity index (χ1) is 12.7. The van der Waals surface area contributed by atoms with E-state index in [0.29, 0.717) is 0 Å². The van der Waals surface area contributed by atoms with E-state index in [9.17, 15) is 0 Å². The average molecular weight is 345 g/mol. The Morgan fingerprint density at radius 3 is 1.19 bits per heavy atom. The number of aryl methyl sites for hydroxylation is 2. The van der Waals surface area contributed by atoms with Crippen LogP contribution in [-0.4, -0.2) is 0 Å². The van der Waals surface area contributed by atoms with E-state index in [0.717, 1.165) is 25.7 Å². The van der Waals surface area contributed by atoms with Gasteiger partial charge in [0.05, 0.1) is 0 Å². The Labute approximate surface area is 156 Å². The number of hydrogen-bond acceptors (Lipinski definition) is 2. The van der Waals surface area contributed by atoms with Crippen LogP contribution in [0.25, 0.3) is 0 Å². The van der Waals surface area contributed by atoms with Gasteiger partial charge >= 0.3 is 0 Å². The maximum atomic E-state index is 6.37. The molecule has 2 unspecified atom stereocenters. The van der Waals surface area contributed by atoms with Gasteiger partial charge in [-0.2, -0.15) is 0 Å². The molecule has 2 heteroatoms. The lowest BCUT2D eigenvalue weighted by atomic mass is 9.95. The maximum Gasteiger partial charge on any atom is 0.0298 e. The largest absolute Gasteiger partial charge is 0.324 e. The Balaban J connectivity index is 1.52. The van der Waals surface area contributed by atoms with Crippen molar-refractivity contribution in [1.29, 1.82) is 0 Å². The topological polar surface area (TPSA) is 52.0 Å². The highest BCUT2D eigenvalue weighted by Crippen LogP contribution is 2.21. The Morgan fingerprint density at radius 1 is 0.500 bits per heavy atom. The third-order valence-corrected chi connectivity index (χ3v) is 4.97. The van der Waals surface area contributed by atoms with E-state index in [1.165, 1.54) is 22.3 Å². The van der Waals surface area contributed by atoms with E-state index in [1.54, 1.807) is 0 Å². The summed E-state index contributed by atoms with van der Waals surface area (Å²) in [5.74, 6) is 0. The van der Waals surface area contributed by atoms with E-state index in [-0.39, 0.29) is 12.1 Å². The molecule has 3 aromatic carbocycles. The molecule has 0 aliphatic carbocycles. The number of nitrogens with two attached hydrogens (primary N) is 2. The second kappa shape index (κ2) is 9.33. The van der Waals surface area contributed by atoms with Gasteiger partial charge in [-0.25, -0.2) is 0 Å². The Morgan fingerprint density at radius 2 is 0.846 bits per heavy atom. The zero-order valence-corrected chi connectivity index (χ0v) is 15.2. The van der Waals surface area contributed by atoms with Gasteiger partial charge in [-0.3, -0.25) is 0 Å². The monoisotopic (exact) mass is 344 g/mol. The van der Waals surface area contributed by atoms with Crippen LogP contribution in [0.5, 0.6) is 0 Å². The van der Waals surface area contributed by atoms with Crippen molar-refractivity contribution in [2.24, 2.45) is 11.5 Å². The van der Waals surface area contributed by atoms with Crippen molar-refractivity contribution >= 4 is 0 Å². The zero-order valence-electron chi connectivity index (χ0n) is 15.2. The highest BCUT2D eigenvalue weighted by Gasteiger charge is 2.10. The van der Waals surface area contributed by atoms with E-state index < -0.39 is 0 Å². The van der Waals surface area contributed by atoms with Crippen molar-refractivity contribution in [3.05, 3.63) is 107 Å². The van der Waals surface area contributed by atoms with Crippen LogP contribution in [0.3, 0.4) is 0 Å². The molecule has 3 rings (SSSR count). The molecule has 0 radical (unpaired) electrons. The molecule has 0 saturated carbocycles. The first kappa shape index (κ1) is 18.4. The fourth-order valence-corrected chi connectivity index (χ4v) is 3.26. The van der Waals surface area contributed by atoms with Gasteiger partial charge in [-0.15, -0.1) is 0 Å². The van der Waals surface area contributed by atoms with Gasteiger partial charge in [0, 0.05) is 12.1 Å². The van der Waals surface area contributed by atoms with Crippen molar-refractivity contribution in [2.45, 2.75) is 37.8 Å². The van der Waals surface area contributed by atoms with Crippen LogP contribution in [0.1, 0.15) is 47.2 Å². The summed E-state index contributed by atoms with van der Waals surface area (Å²) in [6, 6.07) is 29.7. The van der Waals surface area contributed by atoms with Crippen molar-refractivity contribution in [3.63, 3.8) is 0 Å². The molecule has 0 aliphatic heterocycles. The predicted molar refractivity (Wildman–Crippen MR) is 110 cm³/mol. The molecule has 4 N–H and O–H groups in total. The van der Waals surface area contributed by atoms with Crippen molar-refractivity contribution in [2.75, 3.05) is 0 Å². The second-order valence-electron chi connectivity index (χ2n) is 6.93. The van der Waals surface area contributed by atoms with Gasteiger partial charge in [0.15, 0.2) is 0 Å². The summed E-state index contributed by atoms with van der Waals surface area (Å²) in [5, 5.41) is 0. The first-order valence-electron chi connectivity index (χ1n) is 9.41. The third kappa shape index (κ3) is 5.29. The summed E-state index contributed by atoms with van der Waals surface area (Å²) in [4.78, 5) is 0. The van der Waals surface area contributed by atoms with E-state index in [1.807, 2.05) is 12.1 Å². The van der Waals surface area contributed by atoms with Crippen molar-refractivity contribution in [1.82, 2.24) is 0 Å². The zero-order chi connectivity index (χ0) is 18.2. The summed E-state index contributed by atoms with van der Waals surface area (Å²) in [7, 11) is 0. The fourth-order valence-electron chi connectivity index (χ4n) is 3.26. The minimum absolute atomic E-state index is 0.0600. The summed E-state index contributed by atoms with van der Waals surface area (Å²) in [6.45, 7) is 0. The summed E-state index contributed by atoms with van der Waals surface area (Å²) >= 11 is 0. The molecule has 0 heterocycles. The highest BCUT2D eigenvalue weighted by molar-refractivity contribution is 5.27. The molecule has 0 aliphatic rings. The molecule has 26 heavy (non-hydrogen) atoms. The molecule has 0 saturated heterocycles. The van der Waals surface area contributed by atoms with E-state index in [2.05, 4.69) is 72.8 Å². The molecule has 0 fully saturated rings. The molecule has 134 valence electrons. The molecule has 0 spiro atoms. The molecule has 0 aromatic heterocycles. The van der Waals surface area contributed by atoms with Crippen LogP contribution in [-0.2, 0) is 12.8 Å². The molecule has 2 nitrogen and oxygen atoms in total. The lowest BCUT2D eigenvalue weighted by molar-refractivity contribution is 0.641. The summed E-state index contributed by atoms with van der Waals surface area (Å²) < 4.78 is 0. The second-order valence-corrected chi connectivity index (χ2v) is 6.93. The van der Waals surface area contributed by atoms with Crippen molar-refractivity contribution in [3.8, 4) is 0 Å². The van der Waals surface area contributed by atoms with Gasteiger partial charge in [0.25, 0.3) is 0 Å². The molecular weight excluding hydrogens is 316 g/mol. The standard InChI is InChI=1S/C24H28N2/c25-23(17-11-19-7-3-1-4-8-19)21-13-15-22(16-14-21)24(26)18-12-20-9-5-2-6-10-20/h1-10,13-16,23-24H,11-12,17-18,25-26H2. The summed E-state index contributed by atoms with van der Waals surface area (Å²) in [6.07, 6.45) is 3.90. The Kier molecular flexibility index (Phi) is 6.59. The SMILES string of the molecule is NC(CCc1ccccc1)c1ccc(C(N)CCc2ccccc2)cc1. The van der Waals surface area contributed by atoms with E-state index >= 15 is 0 Å². The molecule has 0 amide bonds. The number of benzene rings is 3. The lowest BCUT2D eigenvalue weighted by Gasteiger charge is -2.16. The third-order valence-electron chi connectivity index (χ3n) is 4.97.